The molecule has 5 nitrogen and oxygen atoms in total. The molecule has 2 N–H and O–H groups in total. The van der Waals surface area contributed by atoms with Crippen LogP contribution in [0.25, 0.3) is 11.4 Å². The average molecular weight is 235 g/mol. The minimum Gasteiger partial charge on any atom is -0.335 e. The number of aromatic nitrogens is 4. The highest BCUT2D eigenvalue weighted by Crippen LogP contribution is 2.23. The summed E-state index contributed by atoms with van der Waals surface area (Å²) in [6.07, 6.45) is 3.42. The molecule has 84 valence electrons. The van der Waals surface area contributed by atoms with E-state index in [4.69, 9.17) is 5.84 Å². The Hall–Kier alpha value is -1.56. The molecule has 0 saturated carbocycles. The van der Waals surface area contributed by atoms with Gasteiger partial charge in [0.15, 0.2) is 5.82 Å². The fourth-order valence-corrected chi connectivity index (χ4v) is 1.98. The molecular formula is C10H13N5S. The molecular weight excluding hydrogens is 222 g/mol. The molecule has 0 spiro atoms. The number of nitrogens with two attached hydrogens (primary N) is 1. The van der Waals surface area contributed by atoms with E-state index in [0.29, 0.717) is 11.1 Å². The van der Waals surface area contributed by atoms with Crippen LogP contribution in [-0.2, 0) is 0 Å². The molecule has 16 heavy (non-hydrogen) atoms. The molecule has 6 heteroatoms. The van der Waals surface area contributed by atoms with Gasteiger partial charge in [0, 0.05) is 23.2 Å². The molecule has 2 aromatic heterocycles. The first-order chi connectivity index (χ1) is 7.68. The molecule has 0 atom stereocenters. The molecule has 0 aliphatic rings. The van der Waals surface area contributed by atoms with E-state index in [-0.39, 0.29) is 0 Å². The van der Waals surface area contributed by atoms with Gasteiger partial charge in [-0.05, 0) is 12.1 Å². The monoisotopic (exact) mass is 235 g/mol. The first kappa shape index (κ1) is 10.9. The number of hydrogen-bond acceptors (Lipinski definition) is 5. The molecule has 2 heterocycles. The number of nitrogen functional groups attached to an aromatic ring is 1. The summed E-state index contributed by atoms with van der Waals surface area (Å²) in [6.45, 7) is 4.18. The van der Waals surface area contributed by atoms with Crippen molar-refractivity contribution in [2.24, 2.45) is 0 Å². The lowest BCUT2D eigenvalue weighted by Crippen LogP contribution is -2.12. The van der Waals surface area contributed by atoms with Crippen LogP contribution in [0.4, 0.5) is 0 Å². The van der Waals surface area contributed by atoms with Crippen molar-refractivity contribution < 1.29 is 0 Å². The van der Waals surface area contributed by atoms with Crippen LogP contribution in [0, 0.1) is 0 Å². The van der Waals surface area contributed by atoms with Gasteiger partial charge in [-0.1, -0.05) is 25.6 Å². The van der Waals surface area contributed by atoms with Crippen LogP contribution in [0.3, 0.4) is 0 Å². The van der Waals surface area contributed by atoms with Crippen LogP contribution in [0.15, 0.2) is 29.7 Å². The maximum Gasteiger partial charge on any atom is 0.210 e. The van der Waals surface area contributed by atoms with Crippen LogP contribution in [0.2, 0.25) is 0 Å². The minimum absolute atomic E-state index is 0.428. The summed E-state index contributed by atoms with van der Waals surface area (Å²) in [4.78, 5) is 3.95. The third-order valence-electron chi connectivity index (χ3n) is 1.94. The van der Waals surface area contributed by atoms with Gasteiger partial charge in [0.1, 0.15) is 0 Å². The van der Waals surface area contributed by atoms with Crippen molar-refractivity contribution in [1.82, 2.24) is 19.9 Å². The molecule has 0 saturated heterocycles. The molecule has 2 aromatic rings. The van der Waals surface area contributed by atoms with Crippen LogP contribution in [-0.4, -0.2) is 25.1 Å². The zero-order chi connectivity index (χ0) is 11.5. The van der Waals surface area contributed by atoms with E-state index in [1.165, 1.54) is 4.68 Å². The predicted octanol–water partition coefficient (Wildman–Crippen LogP) is 1.55. The number of hydrogen-bond donors (Lipinski definition) is 1. The number of thioether (sulfide) groups is 1. The fraction of sp³-hybridized carbons (Fsp3) is 0.300. The SMILES string of the molecule is CC(C)Sc1nnc(-c2ccncc2)n1N. The molecule has 0 radical (unpaired) electrons. The standard InChI is InChI=1S/C10H13N5S/c1-7(2)16-10-14-13-9(15(10)11)8-3-5-12-6-4-8/h3-7H,11H2,1-2H3. The third kappa shape index (κ3) is 2.16. The highest BCUT2D eigenvalue weighted by atomic mass is 32.2. The van der Waals surface area contributed by atoms with E-state index < -0.39 is 0 Å². The summed E-state index contributed by atoms with van der Waals surface area (Å²) in [7, 11) is 0. The molecule has 0 aliphatic carbocycles. The van der Waals surface area contributed by atoms with Crippen molar-refractivity contribution in [1.29, 1.82) is 0 Å². The van der Waals surface area contributed by atoms with Crippen LogP contribution >= 0.6 is 11.8 Å². The highest BCUT2D eigenvalue weighted by molar-refractivity contribution is 7.99. The summed E-state index contributed by atoms with van der Waals surface area (Å²) in [5.41, 5.74) is 0.917. The summed E-state index contributed by atoms with van der Waals surface area (Å²) < 4.78 is 1.51. The Morgan fingerprint density at radius 1 is 1.25 bits per heavy atom. The Balaban J connectivity index is 2.34. The van der Waals surface area contributed by atoms with Crippen molar-refractivity contribution in [3.63, 3.8) is 0 Å². The second-order valence-electron chi connectivity index (χ2n) is 3.58. The van der Waals surface area contributed by atoms with Crippen molar-refractivity contribution in [2.45, 2.75) is 24.3 Å². The first-order valence-corrected chi connectivity index (χ1v) is 5.84. The van der Waals surface area contributed by atoms with E-state index in [2.05, 4.69) is 29.0 Å². The zero-order valence-electron chi connectivity index (χ0n) is 9.16. The largest absolute Gasteiger partial charge is 0.335 e. The second kappa shape index (κ2) is 4.52. The van der Waals surface area contributed by atoms with Crippen molar-refractivity contribution in [3.8, 4) is 11.4 Å². The van der Waals surface area contributed by atoms with E-state index in [1.807, 2.05) is 12.1 Å². The molecule has 0 aliphatic heterocycles. The molecule has 2 rings (SSSR count). The quantitative estimate of drug-likeness (QED) is 0.645. The van der Waals surface area contributed by atoms with Gasteiger partial charge in [-0.3, -0.25) is 4.98 Å². The smallest absolute Gasteiger partial charge is 0.210 e. The van der Waals surface area contributed by atoms with E-state index in [1.54, 1.807) is 24.2 Å². The van der Waals surface area contributed by atoms with Gasteiger partial charge in [0.2, 0.25) is 5.16 Å². The topological polar surface area (TPSA) is 69.6 Å². The van der Waals surface area contributed by atoms with Crippen LogP contribution < -0.4 is 5.84 Å². The Morgan fingerprint density at radius 3 is 2.56 bits per heavy atom. The summed E-state index contributed by atoms with van der Waals surface area (Å²) in [5.74, 6) is 6.59. The maximum atomic E-state index is 5.93. The van der Waals surface area contributed by atoms with E-state index >= 15 is 0 Å². The van der Waals surface area contributed by atoms with Gasteiger partial charge in [0.25, 0.3) is 0 Å². The Bertz CT molecular complexity index is 465. The normalized spacial score (nSPS) is 10.9. The van der Waals surface area contributed by atoms with Crippen molar-refractivity contribution >= 4 is 11.8 Å². The van der Waals surface area contributed by atoms with Gasteiger partial charge >= 0.3 is 0 Å². The highest BCUT2D eigenvalue weighted by Gasteiger charge is 2.12. The van der Waals surface area contributed by atoms with E-state index in [0.717, 1.165) is 10.7 Å². The summed E-state index contributed by atoms with van der Waals surface area (Å²) in [5, 5.41) is 9.29. The number of nitrogens with zero attached hydrogens (tertiary/aromatic N) is 4. The van der Waals surface area contributed by atoms with E-state index in [9.17, 15) is 0 Å². The lowest BCUT2D eigenvalue weighted by atomic mass is 10.2. The van der Waals surface area contributed by atoms with Crippen molar-refractivity contribution in [2.75, 3.05) is 5.84 Å². The summed E-state index contributed by atoms with van der Waals surface area (Å²) in [6, 6.07) is 3.72. The molecule has 0 bridgehead atoms. The van der Waals surface area contributed by atoms with Crippen LogP contribution in [0.1, 0.15) is 13.8 Å². The fourth-order valence-electron chi connectivity index (χ4n) is 1.27. The Labute approximate surface area is 98.1 Å². The van der Waals surface area contributed by atoms with Gasteiger partial charge in [-0.25, -0.2) is 4.68 Å². The maximum absolute atomic E-state index is 5.93. The summed E-state index contributed by atoms with van der Waals surface area (Å²) >= 11 is 1.59. The lowest BCUT2D eigenvalue weighted by molar-refractivity contribution is 0.844. The average Bonchev–Trinajstić information content (AvgIpc) is 2.61. The van der Waals surface area contributed by atoms with Crippen LogP contribution in [0.5, 0.6) is 0 Å². The number of rotatable bonds is 3. The molecule has 0 unspecified atom stereocenters. The number of pyridine rings is 1. The molecule has 0 amide bonds. The predicted molar refractivity (Wildman–Crippen MR) is 64.4 cm³/mol. The Morgan fingerprint density at radius 2 is 1.94 bits per heavy atom. The van der Waals surface area contributed by atoms with Crippen molar-refractivity contribution in [3.05, 3.63) is 24.5 Å². The first-order valence-electron chi connectivity index (χ1n) is 4.96. The van der Waals surface area contributed by atoms with Gasteiger partial charge in [0.05, 0.1) is 0 Å². The second-order valence-corrected chi connectivity index (χ2v) is 5.12. The van der Waals surface area contributed by atoms with Gasteiger partial charge < -0.3 is 5.84 Å². The van der Waals surface area contributed by atoms with Gasteiger partial charge in [-0.2, -0.15) is 0 Å². The molecule has 0 aromatic carbocycles. The minimum atomic E-state index is 0.428. The Kier molecular flexibility index (Phi) is 3.09. The molecule has 0 fully saturated rings. The zero-order valence-corrected chi connectivity index (χ0v) is 9.98. The van der Waals surface area contributed by atoms with Gasteiger partial charge in [-0.15, -0.1) is 10.2 Å². The lowest BCUT2D eigenvalue weighted by Gasteiger charge is -2.04. The third-order valence-corrected chi connectivity index (χ3v) is 2.90.